The van der Waals surface area contributed by atoms with Gasteiger partial charge in [-0.2, -0.15) is 8.42 Å². The Morgan fingerprint density at radius 1 is 1.39 bits per heavy atom. The number of benzene rings is 1. The Hall–Kier alpha value is -1.06. The van der Waals surface area contributed by atoms with Gasteiger partial charge in [-0.3, -0.25) is 4.55 Å². The summed E-state index contributed by atoms with van der Waals surface area (Å²) in [6, 6.07) is 2.11. The van der Waals surface area contributed by atoms with Crippen LogP contribution in [0.2, 0.25) is 5.02 Å². The maximum atomic E-state index is 11.0. The highest BCUT2D eigenvalue weighted by molar-refractivity contribution is 7.86. The van der Waals surface area contributed by atoms with Crippen LogP contribution in [0.5, 0.6) is 5.75 Å². The van der Waals surface area contributed by atoms with Crippen LogP contribution in [0.4, 0.5) is 5.69 Å². The standard InChI is InChI=1S/C9H12ClNO6S/c10-5-1-7(11-3-6(13)4-12)9(14)8(2-5)18(15,16)17/h1-2,6,11-14H,3-4H2,(H,15,16,17). The lowest BCUT2D eigenvalue weighted by Crippen LogP contribution is -2.23. The van der Waals surface area contributed by atoms with Crippen molar-refractivity contribution in [1.29, 1.82) is 0 Å². The average molecular weight is 298 g/mol. The van der Waals surface area contributed by atoms with Gasteiger partial charge in [0.15, 0.2) is 5.75 Å². The number of phenols is 1. The highest BCUT2D eigenvalue weighted by atomic mass is 35.5. The molecular formula is C9H12ClNO6S. The van der Waals surface area contributed by atoms with Crippen molar-refractivity contribution < 1.29 is 28.3 Å². The second kappa shape index (κ2) is 5.72. The summed E-state index contributed by atoms with van der Waals surface area (Å²) in [5.74, 6) is -0.716. The van der Waals surface area contributed by atoms with Gasteiger partial charge in [-0.15, -0.1) is 0 Å². The number of aliphatic hydroxyl groups is 2. The largest absolute Gasteiger partial charge is 0.504 e. The number of hydrogen-bond donors (Lipinski definition) is 5. The molecule has 1 aromatic carbocycles. The first-order valence-electron chi connectivity index (χ1n) is 4.78. The molecule has 0 bridgehead atoms. The molecule has 1 unspecified atom stereocenters. The normalized spacial score (nSPS) is 13.3. The highest BCUT2D eigenvalue weighted by Crippen LogP contribution is 2.34. The zero-order valence-electron chi connectivity index (χ0n) is 9.04. The number of hydrogen-bond acceptors (Lipinski definition) is 6. The van der Waals surface area contributed by atoms with Gasteiger partial charge in [0.2, 0.25) is 0 Å². The minimum atomic E-state index is -4.61. The maximum Gasteiger partial charge on any atom is 0.298 e. The van der Waals surface area contributed by atoms with Gasteiger partial charge in [0.1, 0.15) is 4.90 Å². The number of halogens is 1. The molecule has 0 saturated heterocycles. The summed E-state index contributed by atoms with van der Waals surface area (Å²) in [5.41, 5.74) is -0.0809. The average Bonchev–Trinajstić information content (AvgIpc) is 2.27. The molecule has 7 nitrogen and oxygen atoms in total. The van der Waals surface area contributed by atoms with Crippen LogP contribution >= 0.6 is 11.6 Å². The van der Waals surface area contributed by atoms with Gasteiger partial charge in [-0.05, 0) is 12.1 Å². The van der Waals surface area contributed by atoms with Crippen molar-refractivity contribution in [2.45, 2.75) is 11.0 Å². The van der Waals surface area contributed by atoms with Crippen LogP contribution in [-0.4, -0.2) is 47.5 Å². The Labute approximate surface area is 108 Å². The molecule has 1 aromatic rings. The topological polar surface area (TPSA) is 127 Å². The van der Waals surface area contributed by atoms with Gasteiger partial charge in [0.25, 0.3) is 10.1 Å². The summed E-state index contributed by atoms with van der Waals surface area (Å²) < 4.78 is 30.8. The van der Waals surface area contributed by atoms with Crippen molar-refractivity contribution in [2.24, 2.45) is 0 Å². The number of nitrogens with one attached hydrogen (secondary N) is 1. The molecule has 5 N–H and O–H groups in total. The van der Waals surface area contributed by atoms with Crippen LogP contribution in [0.15, 0.2) is 17.0 Å². The smallest absolute Gasteiger partial charge is 0.298 e. The Morgan fingerprint density at radius 3 is 2.50 bits per heavy atom. The summed E-state index contributed by atoms with van der Waals surface area (Å²) in [4.78, 5) is -0.740. The van der Waals surface area contributed by atoms with Gasteiger partial charge >= 0.3 is 0 Å². The van der Waals surface area contributed by atoms with Crippen molar-refractivity contribution in [3.63, 3.8) is 0 Å². The zero-order chi connectivity index (χ0) is 13.9. The zero-order valence-corrected chi connectivity index (χ0v) is 10.6. The summed E-state index contributed by atoms with van der Waals surface area (Å²) in [6.45, 7) is -0.630. The van der Waals surface area contributed by atoms with E-state index < -0.39 is 33.5 Å². The SMILES string of the molecule is O=S(=O)(O)c1cc(Cl)cc(NCC(O)CO)c1O. The first kappa shape index (κ1) is 15.0. The van der Waals surface area contributed by atoms with E-state index in [-0.39, 0.29) is 17.3 Å². The van der Waals surface area contributed by atoms with Gasteiger partial charge in [0, 0.05) is 11.6 Å². The molecular weight excluding hydrogens is 286 g/mol. The third kappa shape index (κ3) is 3.72. The van der Waals surface area contributed by atoms with Crippen LogP contribution in [-0.2, 0) is 10.1 Å². The first-order valence-corrected chi connectivity index (χ1v) is 6.60. The second-order valence-corrected chi connectivity index (χ2v) is 5.32. The predicted octanol–water partition coefficient (Wildman–Crippen LogP) is 0.0574. The molecule has 0 aromatic heterocycles. The van der Waals surface area contributed by atoms with Gasteiger partial charge in [-0.25, -0.2) is 0 Å². The van der Waals surface area contributed by atoms with Crippen molar-refractivity contribution in [2.75, 3.05) is 18.5 Å². The van der Waals surface area contributed by atoms with E-state index in [9.17, 15) is 13.5 Å². The highest BCUT2D eigenvalue weighted by Gasteiger charge is 2.19. The minimum absolute atomic E-state index is 0.0265. The minimum Gasteiger partial charge on any atom is -0.504 e. The monoisotopic (exact) mass is 297 g/mol. The molecule has 0 amide bonds. The van der Waals surface area contributed by atoms with E-state index in [1.165, 1.54) is 6.07 Å². The molecule has 1 atom stereocenters. The van der Waals surface area contributed by atoms with Crippen molar-refractivity contribution in [3.8, 4) is 5.75 Å². The molecule has 0 fully saturated rings. The van der Waals surface area contributed by atoms with Gasteiger partial charge < -0.3 is 20.6 Å². The number of aliphatic hydroxyl groups excluding tert-OH is 2. The number of aromatic hydroxyl groups is 1. The fourth-order valence-electron chi connectivity index (χ4n) is 1.20. The molecule has 102 valence electrons. The van der Waals surface area contributed by atoms with Gasteiger partial charge in [0.05, 0.1) is 18.4 Å². The Bertz CT molecular complexity index is 532. The van der Waals surface area contributed by atoms with Crippen LogP contribution in [0.3, 0.4) is 0 Å². The summed E-state index contributed by atoms with van der Waals surface area (Å²) in [7, 11) is -4.61. The lowest BCUT2D eigenvalue weighted by atomic mass is 10.2. The molecule has 0 spiro atoms. The van der Waals surface area contributed by atoms with Crippen molar-refractivity contribution >= 4 is 27.4 Å². The van der Waals surface area contributed by atoms with E-state index >= 15 is 0 Å². The maximum absolute atomic E-state index is 11.0. The van der Waals surface area contributed by atoms with E-state index in [2.05, 4.69) is 5.32 Å². The lowest BCUT2D eigenvalue weighted by Gasteiger charge is -2.13. The molecule has 18 heavy (non-hydrogen) atoms. The van der Waals surface area contributed by atoms with E-state index in [0.29, 0.717) is 0 Å². The third-order valence-corrected chi connectivity index (χ3v) is 3.14. The predicted molar refractivity (Wildman–Crippen MR) is 64.5 cm³/mol. The van der Waals surface area contributed by atoms with Crippen LogP contribution in [0.25, 0.3) is 0 Å². The van der Waals surface area contributed by atoms with Gasteiger partial charge in [-0.1, -0.05) is 11.6 Å². The first-order chi connectivity index (χ1) is 8.25. The summed E-state index contributed by atoms with van der Waals surface area (Å²) in [5, 5.41) is 29.8. The van der Waals surface area contributed by atoms with Crippen LogP contribution < -0.4 is 5.32 Å². The fraction of sp³-hybridized carbons (Fsp3) is 0.333. The van der Waals surface area contributed by atoms with Crippen molar-refractivity contribution in [3.05, 3.63) is 17.2 Å². The molecule has 0 radical (unpaired) electrons. The van der Waals surface area contributed by atoms with Crippen LogP contribution in [0, 0.1) is 0 Å². The molecule has 1 rings (SSSR count). The molecule has 0 heterocycles. The Morgan fingerprint density at radius 2 is 2.00 bits per heavy atom. The van der Waals surface area contributed by atoms with E-state index in [0.717, 1.165) is 6.07 Å². The molecule has 9 heteroatoms. The Kier molecular flexibility index (Phi) is 4.77. The van der Waals surface area contributed by atoms with Crippen LogP contribution in [0.1, 0.15) is 0 Å². The third-order valence-electron chi connectivity index (χ3n) is 2.06. The number of rotatable bonds is 5. The number of phenolic OH excluding ortho intramolecular Hbond substituents is 1. The molecule has 0 aliphatic heterocycles. The number of anilines is 1. The molecule has 0 aliphatic rings. The lowest BCUT2D eigenvalue weighted by molar-refractivity contribution is 0.105. The summed E-state index contributed by atoms with van der Waals surface area (Å²) >= 11 is 5.64. The van der Waals surface area contributed by atoms with E-state index in [4.69, 9.17) is 26.4 Å². The summed E-state index contributed by atoms with van der Waals surface area (Å²) in [6.07, 6.45) is -1.09. The van der Waals surface area contributed by atoms with E-state index in [1.807, 2.05) is 0 Å². The quantitative estimate of drug-likeness (QED) is 0.384. The second-order valence-electron chi connectivity index (χ2n) is 3.49. The van der Waals surface area contributed by atoms with E-state index in [1.54, 1.807) is 0 Å². The Balaban J connectivity index is 3.10. The van der Waals surface area contributed by atoms with Crippen molar-refractivity contribution in [1.82, 2.24) is 0 Å². The fourth-order valence-corrected chi connectivity index (χ4v) is 2.11. The molecule has 0 aliphatic carbocycles. The molecule has 0 saturated carbocycles.